The van der Waals surface area contributed by atoms with Gasteiger partial charge in [0.2, 0.25) is 0 Å². The Balaban J connectivity index is 1.29. The highest BCUT2D eigenvalue weighted by Gasteiger charge is 2.39. The number of rotatable bonds is 9. The van der Waals surface area contributed by atoms with Gasteiger partial charge in [0.25, 0.3) is 5.91 Å². The number of aliphatic hydroxyl groups excluding tert-OH is 1. The number of carbonyl (C=O) groups excluding carboxylic acids is 2. The van der Waals surface area contributed by atoms with Crippen molar-refractivity contribution in [3.63, 3.8) is 0 Å². The van der Waals surface area contributed by atoms with Gasteiger partial charge in [0.05, 0.1) is 17.3 Å². The predicted octanol–water partition coefficient (Wildman–Crippen LogP) is 4.77. The number of hydrogen-bond donors (Lipinski definition) is 1. The van der Waals surface area contributed by atoms with Gasteiger partial charge in [-0.3, -0.25) is 4.79 Å². The average molecular weight is 638 g/mol. The molecule has 2 aliphatic heterocycles. The summed E-state index contributed by atoms with van der Waals surface area (Å²) >= 11 is 6.02. The number of benzene rings is 2. The Kier molecular flexibility index (Phi) is 9.98. The maximum absolute atomic E-state index is 13.3. The third-order valence-electron chi connectivity index (χ3n) is 8.99. The third kappa shape index (κ3) is 7.47. The topological polar surface area (TPSA) is 107 Å². The van der Waals surface area contributed by atoms with E-state index in [-0.39, 0.29) is 22.0 Å². The molecule has 2 fully saturated rings. The van der Waals surface area contributed by atoms with Gasteiger partial charge >= 0.3 is 6.03 Å². The van der Waals surface area contributed by atoms with E-state index in [0.717, 1.165) is 11.8 Å². The number of amides is 3. The fraction of sp³-hybridized carbons (Fsp3) is 0.600. The number of sulfone groups is 1. The van der Waals surface area contributed by atoms with Crippen molar-refractivity contribution in [3.05, 3.63) is 41.4 Å². The molecule has 9 nitrogen and oxygen atoms in total. The maximum atomic E-state index is 13.3. The fourth-order valence-corrected chi connectivity index (χ4v) is 7.90. The monoisotopic (exact) mass is 637 g/mol. The van der Waals surface area contributed by atoms with Crippen molar-refractivity contribution in [2.45, 2.75) is 75.2 Å². The molecule has 0 unspecified atom stereocenters. The van der Waals surface area contributed by atoms with E-state index in [0.29, 0.717) is 62.6 Å². The van der Waals surface area contributed by atoms with Crippen molar-refractivity contribution in [1.82, 2.24) is 14.7 Å². The van der Waals surface area contributed by atoms with Crippen molar-refractivity contribution in [2.24, 2.45) is 0 Å². The van der Waals surface area contributed by atoms with Crippen molar-refractivity contribution < 1.29 is 27.5 Å². The minimum atomic E-state index is -3.91. The Hall–Kier alpha value is -2.18. The highest BCUT2D eigenvalue weighted by Crippen LogP contribution is 2.36. The van der Waals surface area contributed by atoms with Gasteiger partial charge in [0, 0.05) is 43.8 Å². The van der Waals surface area contributed by atoms with Crippen LogP contribution in [0.4, 0.5) is 4.79 Å². The largest absolute Gasteiger partial charge is 0.415 e. The lowest BCUT2D eigenvalue weighted by molar-refractivity contribution is -0.140. The second-order valence-corrected chi connectivity index (χ2v) is 20.2. The van der Waals surface area contributed by atoms with Crippen LogP contribution in [0.3, 0.4) is 0 Å². The molecule has 42 heavy (non-hydrogen) atoms. The first-order valence-electron chi connectivity index (χ1n) is 14.7. The smallest absolute Gasteiger partial charge is 0.320 e. The van der Waals surface area contributed by atoms with Crippen molar-refractivity contribution in [1.29, 1.82) is 0 Å². The van der Waals surface area contributed by atoms with Crippen LogP contribution in [0, 0.1) is 0 Å². The number of aliphatic hydroxyl groups is 1. The molecule has 1 atom stereocenters. The summed E-state index contributed by atoms with van der Waals surface area (Å²) in [5, 5.41) is 12.8. The van der Waals surface area contributed by atoms with Gasteiger partial charge in [0.15, 0.2) is 18.2 Å². The Morgan fingerprint density at radius 1 is 1.07 bits per heavy atom. The number of urea groups is 1. The lowest BCUT2D eigenvalue weighted by Gasteiger charge is -2.44. The first kappa shape index (κ1) is 32.7. The minimum absolute atomic E-state index is 0.00219. The van der Waals surface area contributed by atoms with Gasteiger partial charge in [0.1, 0.15) is 6.10 Å². The quantitative estimate of drug-likeness (QED) is 0.397. The van der Waals surface area contributed by atoms with E-state index in [1.807, 2.05) is 9.80 Å². The molecular formula is C30H44ClN3O6SSi. The Morgan fingerprint density at radius 3 is 2.38 bits per heavy atom. The van der Waals surface area contributed by atoms with Crippen LogP contribution in [0.2, 0.25) is 23.2 Å². The number of halogens is 1. The average Bonchev–Trinajstić information content (AvgIpc) is 2.92. The summed E-state index contributed by atoms with van der Waals surface area (Å²) in [6.45, 7) is 14.2. The molecule has 0 radical (unpaired) electrons. The van der Waals surface area contributed by atoms with E-state index >= 15 is 0 Å². The van der Waals surface area contributed by atoms with Gasteiger partial charge in [-0.2, -0.15) is 0 Å². The Morgan fingerprint density at radius 2 is 1.71 bits per heavy atom. The predicted molar refractivity (Wildman–Crippen MR) is 168 cm³/mol. The maximum Gasteiger partial charge on any atom is 0.320 e. The first-order valence-corrected chi connectivity index (χ1v) is 19.6. The van der Waals surface area contributed by atoms with Crippen molar-refractivity contribution in [3.8, 4) is 0 Å². The zero-order valence-electron chi connectivity index (χ0n) is 25.3. The van der Waals surface area contributed by atoms with E-state index < -0.39 is 35.9 Å². The number of nitrogens with zero attached hydrogens (tertiary/aromatic N) is 3. The normalized spacial score (nSPS) is 18.5. The summed E-state index contributed by atoms with van der Waals surface area (Å²) < 4.78 is 32.3. The fourth-order valence-electron chi connectivity index (χ4n) is 5.35. The van der Waals surface area contributed by atoms with Crippen LogP contribution < -0.4 is 0 Å². The molecule has 2 aromatic carbocycles. The SMILES string of the molecule is CC(C)(C)[Si](C)(C)OCCN1CCCN(C2CCN(C(=O)[C@H](O)CS(=O)(=O)c3ccc4cc(Cl)ccc4c3)CC2)C1=O. The molecule has 12 heteroatoms. The molecule has 2 heterocycles. The van der Waals surface area contributed by atoms with Gasteiger partial charge in [-0.05, 0) is 72.4 Å². The summed E-state index contributed by atoms with van der Waals surface area (Å²) in [7, 11) is -5.80. The van der Waals surface area contributed by atoms with Crippen LogP contribution in [0.25, 0.3) is 10.8 Å². The van der Waals surface area contributed by atoms with Crippen molar-refractivity contribution >= 4 is 52.5 Å². The first-order chi connectivity index (χ1) is 19.6. The molecule has 2 aliphatic rings. The molecule has 4 rings (SSSR count). The van der Waals surface area contributed by atoms with Crippen LogP contribution in [-0.4, -0.2) is 106 Å². The highest BCUT2D eigenvalue weighted by atomic mass is 35.5. The standard InChI is InChI=1S/C30H44ClN3O6SSi/c1-30(2,3)42(4,5)40-18-17-33-13-6-14-34(29(33)37)25-11-15-32(16-12-25)28(36)27(35)21-41(38,39)26-10-8-22-19-24(31)9-7-23(22)20-26/h7-10,19-20,25,27,35H,6,11-18,21H2,1-5H3/t27-/m1/s1. The lowest BCUT2D eigenvalue weighted by Crippen LogP contribution is -2.57. The van der Waals surface area contributed by atoms with E-state index in [9.17, 15) is 23.1 Å². The van der Waals surface area contributed by atoms with E-state index in [1.54, 1.807) is 24.3 Å². The second kappa shape index (κ2) is 12.8. The van der Waals surface area contributed by atoms with E-state index in [1.165, 1.54) is 17.0 Å². The summed E-state index contributed by atoms with van der Waals surface area (Å²) in [4.78, 5) is 31.7. The summed E-state index contributed by atoms with van der Waals surface area (Å²) in [6.07, 6.45) is 0.376. The molecule has 0 bridgehead atoms. The highest BCUT2D eigenvalue weighted by molar-refractivity contribution is 7.91. The van der Waals surface area contributed by atoms with Crippen LogP contribution in [0.15, 0.2) is 41.3 Å². The van der Waals surface area contributed by atoms with E-state index in [4.69, 9.17) is 16.0 Å². The lowest BCUT2D eigenvalue weighted by atomic mass is 10.0. The van der Waals surface area contributed by atoms with Crippen LogP contribution in [0.5, 0.6) is 0 Å². The molecule has 0 aromatic heterocycles. The molecule has 232 valence electrons. The summed E-state index contributed by atoms with van der Waals surface area (Å²) in [5.41, 5.74) is 0. The zero-order valence-corrected chi connectivity index (χ0v) is 27.9. The molecule has 2 saturated heterocycles. The van der Waals surface area contributed by atoms with Gasteiger partial charge in [-0.25, -0.2) is 13.2 Å². The van der Waals surface area contributed by atoms with Crippen LogP contribution >= 0.6 is 11.6 Å². The van der Waals surface area contributed by atoms with Crippen LogP contribution in [-0.2, 0) is 19.1 Å². The van der Waals surface area contributed by atoms with Gasteiger partial charge in [-0.15, -0.1) is 0 Å². The Bertz CT molecular complexity index is 1410. The van der Waals surface area contributed by atoms with E-state index in [2.05, 4.69) is 33.9 Å². The number of carbonyl (C=O) groups is 2. The number of hydrogen-bond acceptors (Lipinski definition) is 6. The minimum Gasteiger partial charge on any atom is -0.415 e. The third-order valence-corrected chi connectivity index (χ3v) is 15.5. The molecule has 3 amide bonds. The number of piperidine rings is 1. The molecule has 1 N–H and O–H groups in total. The number of fused-ring (bicyclic) bond motifs is 1. The molecule has 0 spiro atoms. The molecule has 0 saturated carbocycles. The van der Waals surface area contributed by atoms with Gasteiger partial charge < -0.3 is 24.2 Å². The van der Waals surface area contributed by atoms with Crippen molar-refractivity contribution in [2.75, 3.05) is 45.1 Å². The summed E-state index contributed by atoms with van der Waals surface area (Å²) in [6, 6.07) is 9.83. The molecule has 0 aliphatic carbocycles. The van der Waals surface area contributed by atoms with Gasteiger partial charge in [-0.1, -0.05) is 44.5 Å². The number of likely N-dealkylation sites (tertiary alicyclic amines) is 1. The summed E-state index contributed by atoms with van der Waals surface area (Å²) in [5.74, 6) is -1.29. The molecular weight excluding hydrogens is 594 g/mol. The Labute approximate surface area is 255 Å². The molecule has 2 aromatic rings. The zero-order chi connectivity index (χ0) is 30.9. The second-order valence-electron chi connectivity index (χ2n) is 12.9. The van der Waals surface area contributed by atoms with Crippen LogP contribution in [0.1, 0.15) is 40.0 Å².